The van der Waals surface area contributed by atoms with E-state index in [4.69, 9.17) is 16.6 Å². The van der Waals surface area contributed by atoms with Gasteiger partial charge in [0.2, 0.25) is 5.95 Å². The Morgan fingerprint density at radius 1 is 1.00 bits per heavy atom. The number of hydrogen-bond donors (Lipinski definition) is 2. The summed E-state index contributed by atoms with van der Waals surface area (Å²) in [7, 11) is 2.07. The molecule has 3 aromatic carbocycles. The fourth-order valence-electron chi connectivity index (χ4n) is 6.13. The molecule has 1 atom stereocenters. The van der Waals surface area contributed by atoms with Crippen LogP contribution >= 0.6 is 11.6 Å². The highest BCUT2D eigenvalue weighted by atomic mass is 35.5. The van der Waals surface area contributed by atoms with Crippen LogP contribution < -0.4 is 21.1 Å². The number of para-hydroxylation sites is 1. The quantitative estimate of drug-likeness (QED) is 0.251. The lowest BCUT2D eigenvalue weighted by Crippen LogP contribution is -2.39. The molecule has 2 aliphatic heterocycles. The van der Waals surface area contributed by atoms with E-state index < -0.39 is 0 Å². The topological polar surface area (TPSA) is 75.1 Å². The number of anilines is 3. The minimum atomic E-state index is -0.123. The Hall–Kier alpha value is -4.46. The summed E-state index contributed by atoms with van der Waals surface area (Å²) in [6.07, 6.45) is 5.78. The van der Waals surface area contributed by atoms with Crippen LogP contribution in [0.4, 0.5) is 17.3 Å². The van der Waals surface area contributed by atoms with Gasteiger partial charge in [-0.2, -0.15) is 4.98 Å². The van der Waals surface area contributed by atoms with E-state index in [1.165, 1.54) is 22.4 Å². The van der Waals surface area contributed by atoms with Gasteiger partial charge in [-0.1, -0.05) is 66.2 Å². The number of aromatic nitrogens is 3. The lowest BCUT2D eigenvalue weighted by atomic mass is 9.97. The van der Waals surface area contributed by atoms with Crippen LogP contribution in [-0.2, 0) is 6.42 Å². The summed E-state index contributed by atoms with van der Waals surface area (Å²) >= 11 is 6.58. The zero-order chi connectivity index (χ0) is 28.6. The molecule has 1 unspecified atom stereocenters. The van der Waals surface area contributed by atoms with Gasteiger partial charge in [-0.15, -0.1) is 0 Å². The van der Waals surface area contributed by atoms with Crippen molar-refractivity contribution in [2.24, 2.45) is 0 Å². The summed E-state index contributed by atoms with van der Waals surface area (Å²) in [5.41, 5.74) is 7.60. The third-order valence-electron chi connectivity index (χ3n) is 8.22. The highest BCUT2D eigenvalue weighted by Crippen LogP contribution is 2.34. The zero-order valence-corrected chi connectivity index (χ0v) is 24.1. The summed E-state index contributed by atoms with van der Waals surface area (Å²) in [5, 5.41) is 8.03. The third-order valence-corrected chi connectivity index (χ3v) is 8.55. The van der Waals surface area contributed by atoms with E-state index in [0.29, 0.717) is 34.3 Å². The summed E-state index contributed by atoms with van der Waals surface area (Å²) < 4.78 is 1.85. The van der Waals surface area contributed by atoms with Crippen molar-refractivity contribution in [3.8, 4) is 11.1 Å². The number of nitrogens with zero attached hydrogens (tertiary/aromatic N) is 4. The Morgan fingerprint density at radius 2 is 1.81 bits per heavy atom. The van der Waals surface area contributed by atoms with Gasteiger partial charge in [0.05, 0.1) is 6.04 Å². The molecular formula is C34H31ClN6O. The van der Waals surface area contributed by atoms with Crippen molar-refractivity contribution in [3.05, 3.63) is 118 Å². The minimum Gasteiger partial charge on any atom is -0.372 e. The van der Waals surface area contributed by atoms with Crippen LogP contribution in [0.1, 0.15) is 23.6 Å². The molecule has 0 aliphatic carbocycles. The van der Waals surface area contributed by atoms with Gasteiger partial charge in [0, 0.05) is 59.2 Å². The predicted molar refractivity (Wildman–Crippen MR) is 172 cm³/mol. The molecule has 4 heterocycles. The highest BCUT2D eigenvalue weighted by Gasteiger charge is 2.27. The molecule has 0 spiro atoms. The molecule has 0 bridgehead atoms. The first-order chi connectivity index (χ1) is 20.5. The van der Waals surface area contributed by atoms with E-state index in [9.17, 15) is 4.79 Å². The fourth-order valence-corrected chi connectivity index (χ4v) is 6.37. The molecule has 7 nitrogen and oxygen atoms in total. The van der Waals surface area contributed by atoms with E-state index in [2.05, 4.69) is 64.0 Å². The lowest BCUT2D eigenvalue weighted by molar-refractivity contribution is 0.481. The first-order valence-electron chi connectivity index (χ1n) is 14.3. The first-order valence-corrected chi connectivity index (χ1v) is 14.7. The monoisotopic (exact) mass is 574 g/mol. The molecule has 0 saturated heterocycles. The van der Waals surface area contributed by atoms with Gasteiger partial charge < -0.3 is 15.5 Å². The number of pyridine rings is 1. The van der Waals surface area contributed by atoms with Crippen molar-refractivity contribution < 1.29 is 0 Å². The third kappa shape index (κ3) is 4.95. The average Bonchev–Trinajstić information content (AvgIpc) is 3.02. The standard InChI is InChI=1S/C34H31ClN6O/c1-40-21-27(18-24-6-2-5-9-31(24)40)41-32-25(19-29(33(41)42)28-7-3-4-8-30(28)35)20-37-34(39-32)38-26-12-10-22(11-13-26)23-14-16-36-17-15-23/h2-14,19-20,27,36H,15-18,21H2,1H3,(H,37,38,39). The normalized spacial score (nSPS) is 16.7. The highest BCUT2D eigenvalue weighted by molar-refractivity contribution is 6.33. The van der Waals surface area contributed by atoms with Crippen LogP contribution in [0.25, 0.3) is 27.7 Å². The maximum atomic E-state index is 14.3. The van der Waals surface area contributed by atoms with Crippen LogP contribution in [-0.4, -0.2) is 41.2 Å². The van der Waals surface area contributed by atoms with Gasteiger partial charge >= 0.3 is 0 Å². The van der Waals surface area contributed by atoms with E-state index in [1.807, 2.05) is 53.1 Å². The van der Waals surface area contributed by atoms with E-state index in [-0.39, 0.29) is 11.6 Å². The molecule has 0 saturated carbocycles. The van der Waals surface area contributed by atoms with Crippen LogP contribution in [0.2, 0.25) is 5.02 Å². The number of benzene rings is 3. The van der Waals surface area contributed by atoms with Gasteiger partial charge in [0.25, 0.3) is 5.56 Å². The van der Waals surface area contributed by atoms with Crippen molar-refractivity contribution in [2.45, 2.75) is 18.9 Å². The molecule has 210 valence electrons. The molecule has 0 fully saturated rings. The number of rotatable bonds is 5. The molecular weight excluding hydrogens is 544 g/mol. The van der Waals surface area contributed by atoms with Crippen molar-refractivity contribution in [2.75, 3.05) is 36.9 Å². The Kier molecular flexibility index (Phi) is 6.98. The molecule has 0 amide bonds. The minimum absolute atomic E-state index is 0.113. The van der Waals surface area contributed by atoms with E-state index in [1.54, 1.807) is 6.20 Å². The number of hydrogen-bond acceptors (Lipinski definition) is 6. The smallest absolute Gasteiger partial charge is 0.260 e. The average molecular weight is 575 g/mol. The van der Waals surface area contributed by atoms with Gasteiger partial charge in [0.15, 0.2) is 0 Å². The van der Waals surface area contributed by atoms with E-state index in [0.717, 1.165) is 37.0 Å². The Labute approximate surface area is 249 Å². The maximum Gasteiger partial charge on any atom is 0.260 e. The van der Waals surface area contributed by atoms with Crippen molar-refractivity contribution in [1.29, 1.82) is 0 Å². The second-order valence-corrected chi connectivity index (χ2v) is 11.3. The SMILES string of the molecule is CN1CC(n2c(=O)c(-c3ccccc3Cl)cc3cnc(Nc4ccc(C5=CCNCC5)cc4)nc32)Cc2ccccc21. The predicted octanol–water partition coefficient (Wildman–Crippen LogP) is 6.47. The van der Waals surface area contributed by atoms with Crippen molar-refractivity contribution in [1.82, 2.24) is 19.9 Å². The summed E-state index contributed by atoms with van der Waals surface area (Å²) in [6, 6.07) is 25.9. The van der Waals surface area contributed by atoms with Gasteiger partial charge in [0.1, 0.15) is 5.65 Å². The molecule has 0 radical (unpaired) electrons. The first kappa shape index (κ1) is 26.4. The van der Waals surface area contributed by atoms with Gasteiger partial charge in [-0.05, 0) is 66.4 Å². The van der Waals surface area contributed by atoms with Crippen molar-refractivity contribution in [3.63, 3.8) is 0 Å². The second-order valence-electron chi connectivity index (χ2n) is 10.9. The van der Waals surface area contributed by atoms with Crippen LogP contribution in [0, 0.1) is 0 Å². The number of likely N-dealkylation sites (N-methyl/N-ethyl adjacent to an activating group) is 1. The summed E-state index contributed by atoms with van der Waals surface area (Å²) in [6.45, 7) is 2.58. The Bertz CT molecular complexity index is 1880. The van der Waals surface area contributed by atoms with Crippen molar-refractivity contribution >= 4 is 45.5 Å². The molecule has 7 rings (SSSR count). The number of nitrogens with one attached hydrogen (secondary N) is 2. The number of halogens is 1. The van der Waals surface area contributed by atoms with Gasteiger partial charge in [-0.25, -0.2) is 4.98 Å². The number of fused-ring (bicyclic) bond motifs is 2. The summed E-state index contributed by atoms with van der Waals surface area (Å²) in [5.74, 6) is 0.444. The molecule has 2 N–H and O–H groups in total. The molecule has 2 aliphatic rings. The maximum absolute atomic E-state index is 14.3. The molecule has 42 heavy (non-hydrogen) atoms. The van der Waals surface area contributed by atoms with Crippen LogP contribution in [0.15, 0.2) is 95.9 Å². The van der Waals surface area contributed by atoms with E-state index >= 15 is 0 Å². The summed E-state index contributed by atoms with van der Waals surface area (Å²) in [4.78, 5) is 26.1. The fraction of sp³-hybridized carbons (Fsp3) is 0.206. The van der Waals surface area contributed by atoms with Gasteiger partial charge in [-0.3, -0.25) is 9.36 Å². The van der Waals surface area contributed by atoms with Crippen LogP contribution in [0.3, 0.4) is 0 Å². The van der Waals surface area contributed by atoms with Crippen LogP contribution in [0.5, 0.6) is 0 Å². The lowest BCUT2D eigenvalue weighted by Gasteiger charge is -2.35. The Morgan fingerprint density at radius 3 is 2.62 bits per heavy atom. The molecule has 8 heteroatoms. The zero-order valence-electron chi connectivity index (χ0n) is 23.3. The second kappa shape index (κ2) is 11.1. The molecule has 2 aromatic heterocycles. The largest absolute Gasteiger partial charge is 0.372 e. The molecule has 5 aromatic rings. The Balaban J connectivity index is 1.31.